The quantitative estimate of drug-likeness (QED) is 0.718. The maximum absolute atomic E-state index is 5.12. The molecule has 0 saturated heterocycles. The number of nitrogens with zero attached hydrogens (tertiary/aromatic N) is 2. The van der Waals surface area contributed by atoms with Gasteiger partial charge in [-0.3, -0.25) is 0 Å². The SMILES string of the molecule is CC(C)Cc1noc(CC(C)C)n1. The van der Waals surface area contributed by atoms with Crippen LogP contribution in [0.15, 0.2) is 4.52 Å². The van der Waals surface area contributed by atoms with Crippen LogP contribution in [-0.2, 0) is 12.8 Å². The van der Waals surface area contributed by atoms with Gasteiger partial charge in [-0.05, 0) is 11.8 Å². The fraction of sp³-hybridized carbons (Fsp3) is 0.800. The molecule has 0 aromatic carbocycles. The molecule has 0 bridgehead atoms. The van der Waals surface area contributed by atoms with E-state index in [1.807, 2.05) is 0 Å². The fourth-order valence-electron chi connectivity index (χ4n) is 1.17. The predicted octanol–water partition coefficient (Wildman–Crippen LogP) is 2.47. The lowest BCUT2D eigenvalue weighted by Crippen LogP contribution is -1.97. The summed E-state index contributed by atoms with van der Waals surface area (Å²) >= 11 is 0. The highest BCUT2D eigenvalue weighted by Gasteiger charge is 2.08. The molecule has 3 nitrogen and oxygen atoms in total. The van der Waals surface area contributed by atoms with Crippen molar-refractivity contribution in [3.63, 3.8) is 0 Å². The molecule has 0 fully saturated rings. The van der Waals surface area contributed by atoms with E-state index in [0.29, 0.717) is 11.8 Å². The molecule has 0 amide bonds. The summed E-state index contributed by atoms with van der Waals surface area (Å²) in [4.78, 5) is 4.31. The Bertz CT molecular complexity index is 229. The van der Waals surface area contributed by atoms with Crippen molar-refractivity contribution in [3.8, 4) is 0 Å². The summed E-state index contributed by atoms with van der Waals surface area (Å²) in [7, 11) is 0. The van der Waals surface area contributed by atoms with Crippen LogP contribution in [-0.4, -0.2) is 10.1 Å². The number of hydrogen-bond acceptors (Lipinski definition) is 3. The lowest BCUT2D eigenvalue weighted by molar-refractivity contribution is 0.357. The van der Waals surface area contributed by atoms with Crippen LogP contribution >= 0.6 is 0 Å². The predicted molar refractivity (Wildman–Crippen MR) is 51.4 cm³/mol. The fourth-order valence-corrected chi connectivity index (χ4v) is 1.17. The molecular formula is C10H18N2O. The lowest BCUT2D eigenvalue weighted by atomic mass is 10.1. The highest BCUT2D eigenvalue weighted by molar-refractivity contribution is 4.87. The average molecular weight is 182 g/mol. The van der Waals surface area contributed by atoms with Crippen LogP contribution in [0.25, 0.3) is 0 Å². The molecule has 1 aromatic rings. The van der Waals surface area contributed by atoms with E-state index in [1.165, 1.54) is 0 Å². The highest BCUT2D eigenvalue weighted by atomic mass is 16.5. The van der Waals surface area contributed by atoms with Gasteiger partial charge in [0.1, 0.15) is 0 Å². The summed E-state index contributed by atoms with van der Waals surface area (Å²) < 4.78 is 5.12. The Morgan fingerprint density at radius 2 is 1.69 bits per heavy atom. The highest BCUT2D eigenvalue weighted by Crippen LogP contribution is 2.08. The van der Waals surface area contributed by atoms with Crippen molar-refractivity contribution in [2.75, 3.05) is 0 Å². The Morgan fingerprint density at radius 3 is 2.23 bits per heavy atom. The van der Waals surface area contributed by atoms with Gasteiger partial charge in [-0.1, -0.05) is 32.9 Å². The molecule has 0 unspecified atom stereocenters. The van der Waals surface area contributed by atoms with Crippen molar-refractivity contribution in [2.24, 2.45) is 11.8 Å². The summed E-state index contributed by atoms with van der Waals surface area (Å²) in [5.74, 6) is 2.77. The van der Waals surface area contributed by atoms with Gasteiger partial charge in [-0.25, -0.2) is 0 Å². The first-order valence-electron chi connectivity index (χ1n) is 4.89. The van der Waals surface area contributed by atoms with Crippen molar-refractivity contribution in [3.05, 3.63) is 11.7 Å². The van der Waals surface area contributed by atoms with Crippen molar-refractivity contribution in [2.45, 2.75) is 40.5 Å². The van der Waals surface area contributed by atoms with Gasteiger partial charge in [0.25, 0.3) is 0 Å². The second-order valence-corrected chi connectivity index (χ2v) is 4.30. The van der Waals surface area contributed by atoms with Crippen LogP contribution in [0.1, 0.15) is 39.4 Å². The van der Waals surface area contributed by atoms with E-state index in [9.17, 15) is 0 Å². The minimum absolute atomic E-state index is 0.576. The third-order valence-electron chi connectivity index (χ3n) is 1.68. The van der Waals surface area contributed by atoms with Gasteiger partial charge in [0.2, 0.25) is 5.89 Å². The second-order valence-electron chi connectivity index (χ2n) is 4.30. The van der Waals surface area contributed by atoms with E-state index in [4.69, 9.17) is 4.52 Å². The Kier molecular flexibility index (Phi) is 3.46. The minimum atomic E-state index is 0.576. The first-order valence-corrected chi connectivity index (χ1v) is 4.89. The standard InChI is InChI=1S/C10H18N2O/c1-7(2)5-9-11-10(13-12-9)6-8(3)4/h7-8H,5-6H2,1-4H3. The van der Waals surface area contributed by atoms with Crippen LogP contribution in [0.4, 0.5) is 0 Å². The monoisotopic (exact) mass is 182 g/mol. The van der Waals surface area contributed by atoms with Crippen LogP contribution in [0.5, 0.6) is 0 Å². The van der Waals surface area contributed by atoms with E-state index in [1.54, 1.807) is 0 Å². The zero-order valence-corrected chi connectivity index (χ0v) is 8.87. The molecule has 1 rings (SSSR count). The maximum Gasteiger partial charge on any atom is 0.226 e. The smallest absolute Gasteiger partial charge is 0.226 e. The van der Waals surface area contributed by atoms with Crippen molar-refractivity contribution >= 4 is 0 Å². The van der Waals surface area contributed by atoms with E-state index in [2.05, 4.69) is 37.8 Å². The largest absolute Gasteiger partial charge is 0.339 e. The Labute approximate surface area is 79.5 Å². The van der Waals surface area contributed by atoms with Gasteiger partial charge in [0, 0.05) is 12.8 Å². The van der Waals surface area contributed by atoms with E-state index >= 15 is 0 Å². The van der Waals surface area contributed by atoms with Gasteiger partial charge in [0.15, 0.2) is 5.82 Å². The van der Waals surface area contributed by atoms with E-state index in [0.717, 1.165) is 24.6 Å². The first-order chi connectivity index (χ1) is 6.08. The molecular weight excluding hydrogens is 164 g/mol. The summed E-state index contributed by atoms with van der Waals surface area (Å²) in [6, 6.07) is 0. The van der Waals surface area contributed by atoms with Gasteiger partial charge < -0.3 is 4.52 Å². The van der Waals surface area contributed by atoms with Gasteiger partial charge in [0.05, 0.1) is 0 Å². The Morgan fingerprint density at radius 1 is 1.08 bits per heavy atom. The zero-order valence-electron chi connectivity index (χ0n) is 8.87. The summed E-state index contributed by atoms with van der Waals surface area (Å²) in [5, 5.41) is 3.92. The molecule has 0 radical (unpaired) electrons. The van der Waals surface area contributed by atoms with Gasteiger partial charge in [-0.2, -0.15) is 4.98 Å². The average Bonchev–Trinajstić information content (AvgIpc) is 2.33. The van der Waals surface area contributed by atoms with Crippen molar-refractivity contribution in [1.29, 1.82) is 0 Å². The Hall–Kier alpha value is -0.860. The zero-order chi connectivity index (χ0) is 9.84. The molecule has 0 N–H and O–H groups in total. The van der Waals surface area contributed by atoms with Crippen LogP contribution in [0.2, 0.25) is 0 Å². The van der Waals surface area contributed by atoms with Crippen LogP contribution in [0, 0.1) is 11.8 Å². The first kappa shape index (κ1) is 10.2. The summed E-state index contributed by atoms with van der Waals surface area (Å²) in [6.45, 7) is 8.59. The van der Waals surface area contributed by atoms with Crippen molar-refractivity contribution < 1.29 is 4.52 Å². The number of hydrogen-bond donors (Lipinski definition) is 0. The molecule has 0 aliphatic heterocycles. The molecule has 74 valence electrons. The third-order valence-corrected chi connectivity index (χ3v) is 1.68. The van der Waals surface area contributed by atoms with Crippen LogP contribution < -0.4 is 0 Å². The normalized spacial score (nSPS) is 11.5. The number of rotatable bonds is 4. The molecule has 0 aliphatic carbocycles. The minimum Gasteiger partial charge on any atom is -0.339 e. The van der Waals surface area contributed by atoms with Gasteiger partial charge >= 0.3 is 0 Å². The molecule has 3 heteroatoms. The summed E-state index contributed by atoms with van der Waals surface area (Å²) in [5.41, 5.74) is 0. The molecule has 0 aliphatic rings. The number of aromatic nitrogens is 2. The van der Waals surface area contributed by atoms with Gasteiger partial charge in [-0.15, -0.1) is 0 Å². The Balaban J connectivity index is 2.53. The summed E-state index contributed by atoms with van der Waals surface area (Å²) in [6.07, 6.45) is 1.78. The maximum atomic E-state index is 5.12. The van der Waals surface area contributed by atoms with E-state index in [-0.39, 0.29) is 0 Å². The molecule has 0 spiro atoms. The molecule has 1 aromatic heterocycles. The lowest BCUT2D eigenvalue weighted by Gasteiger charge is -1.97. The second kappa shape index (κ2) is 4.40. The van der Waals surface area contributed by atoms with Crippen LogP contribution in [0.3, 0.4) is 0 Å². The molecule has 0 saturated carbocycles. The van der Waals surface area contributed by atoms with E-state index < -0.39 is 0 Å². The van der Waals surface area contributed by atoms with Crippen molar-refractivity contribution in [1.82, 2.24) is 10.1 Å². The molecule has 13 heavy (non-hydrogen) atoms. The molecule has 1 heterocycles. The molecule has 0 atom stereocenters. The topological polar surface area (TPSA) is 38.9 Å². The third kappa shape index (κ3) is 3.57.